The number of anilines is 1. The second-order valence-electron chi connectivity index (χ2n) is 4.31. The summed E-state index contributed by atoms with van der Waals surface area (Å²) in [6, 6.07) is 2.11. The van der Waals surface area contributed by atoms with Crippen LogP contribution in [0.15, 0.2) is 6.07 Å². The minimum absolute atomic E-state index is 0.821. The summed E-state index contributed by atoms with van der Waals surface area (Å²) < 4.78 is 4.08. The molecule has 0 radical (unpaired) electrons. The molecule has 0 atom stereocenters. The van der Waals surface area contributed by atoms with E-state index >= 15 is 0 Å². The molecule has 2 aromatic rings. The number of rotatable bonds is 6. The van der Waals surface area contributed by atoms with Crippen LogP contribution in [0.2, 0.25) is 0 Å². The third-order valence-corrected chi connectivity index (χ3v) is 3.12. The lowest BCUT2D eigenvalue weighted by Crippen LogP contribution is -2.08. The Balaban J connectivity index is 2.48. The molecule has 0 amide bonds. The van der Waals surface area contributed by atoms with Crippen molar-refractivity contribution in [3.05, 3.63) is 11.8 Å². The Morgan fingerprint density at radius 1 is 1.11 bits per heavy atom. The highest BCUT2D eigenvalue weighted by Gasteiger charge is 2.17. The van der Waals surface area contributed by atoms with Crippen LogP contribution in [0, 0.1) is 0 Å². The molecule has 0 fully saturated rings. The SMILES string of the molecule is CCNc1nnc(-c2cc(CC)nn2CC)n1CC. The van der Waals surface area contributed by atoms with Gasteiger partial charge in [0.2, 0.25) is 5.95 Å². The number of hydrogen-bond donors (Lipinski definition) is 1. The first kappa shape index (κ1) is 13.6. The van der Waals surface area contributed by atoms with E-state index in [1.54, 1.807) is 0 Å². The number of hydrogen-bond acceptors (Lipinski definition) is 4. The van der Waals surface area contributed by atoms with E-state index in [9.17, 15) is 0 Å². The molecular formula is C13H22N6. The molecule has 1 N–H and O–H groups in total. The molecule has 0 aromatic carbocycles. The van der Waals surface area contributed by atoms with Crippen LogP contribution >= 0.6 is 0 Å². The third-order valence-electron chi connectivity index (χ3n) is 3.12. The van der Waals surface area contributed by atoms with Crippen molar-refractivity contribution in [1.29, 1.82) is 0 Å². The van der Waals surface area contributed by atoms with Gasteiger partial charge in [-0.15, -0.1) is 10.2 Å². The van der Waals surface area contributed by atoms with Crippen LogP contribution in [0.3, 0.4) is 0 Å². The van der Waals surface area contributed by atoms with Crippen molar-refractivity contribution < 1.29 is 0 Å². The van der Waals surface area contributed by atoms with Crippen LogP contribution in [0.25, 0.3) is 11.5 Å². The van der Waals surface area contributed by atoms with Gasteiger partial charge in [0.15, 0.2) is 5.82 Å². The van der Waals surface area contributed by atoms with Crippen molar-refractivity contribution in [3.63, 3.8) is 0 Å². The fourth-order valence-corrected chi connectivity index (χ4v) is 2.14. The highest BCUT2D eigenvalue weighted by atomic mass is 15.4. The topological polar surface area (TPSA) is 60.6 Å². The van der Waals surface area contributed by atoms with Gasteiger partial charge in [0.25, 0.3) is 0 Å². The Morgan fingerprint density at radius 2 is 1.89 bits per heavy atom. The largest absolute Gasteiger partial charge is 0.355 e. The fourth-order valence-electron chi connectivity index (χ4n) is 2.14. The van der Waals surface area contributed by atoms with Gasteiger partial charge >= 0.3 is 0 Å². The first-order chi connectivity index (χ1) is 9.24. The Morgan fingerprint density at radius 3 is 2.47 bits per heavy atom. The quantitative estimate of drug-likeness (QED) is 0.866. The van der Waals surface area contributed by atoms with Gasteiger partial charge < -0.3 is 5.32 Å². The molecule has 19 heavy (non-hydrogen) atoms. The highest BCUT2D eigenvalue weighted by Crippen LogP contribution is 2.22. The molecule has 6 nitrogen and oxygen atoms in total. The van der Waals surface area contributed by atoms with Crippen molar-refractivity contribution in [1.82, 2.24) is 24.5 Å². The Labute approximate surface area is 113 Å². The normalized spacial score (nSPS) is 10.9. The Hall–Kier alpha value is -1.85. The zero-order chi connectivity index (χ0) is 13.8. The number of nitrogens with one attached hydrogen (secondary N) is 1. The van der Waals surface area contributed by atoms with E-state index in [4.69, 9.17) is 0 Å². The predicted octanol–water partition coefficient (Wildman–Crippen LogP) is 2.18. The lowest BCUT2D eigenvalue weighted by Gasteiger charge is -2.08. The first-order valence-corrected chi connectivity index (χ1v) is 6.99. The summed E-state index contributed by atoms with van der Waals surface area (Å²) in [5, 5.41) is 16.4. The van der Waals surface area contributed by atoms with E-state index in [0.29, 0.717) is 0 Å². The van der Waals surface area contributed by atoms with Crippen LogP contribution in [-0.4, -0.2) is 31.1 Å². The molecule has 0 aliphatic carbocycles. The summed E-state index contributed by atoms with van der Waals surface area (Å²) in [7, 11) is 0. The summed E-state index contributed by atoms with van der Waals surface area (Å²) in [5.41, 5.74) is 2.13. The summed E-state index contributed by atoms with van der Waals surface area (Å²) in [5.74, 6) is 1.70. The summed E-state index contributed by atoms with van der Waals surface area (Å²) in [6.45, 7) is 10.9. The van der Waals surface area contributed by atoms with Crippen LogP contribution < -0.4 is 5.32 Å². The van der Waals surface area contributed by atoms with Gasteiger partial charge in [-0.05, 0) is 33.3 Å². The van der Waals surface area contributed by atoms with Crippen molar-refractivity contribution in [2.75, 3.05) is 11.9 Å². The molecule has 0 aliphatic rings. The summed E-state index contributed by atoms with van der Waals surface area (Å²) >= 11 is 0. The van der Waals surface area contributed by atoms with Crippen LogP contribution in [0.1, 0.15) is 33.4 Å². The molecule has 2 heterocycles. The second-order valence-corrected chi connectivity index (χ2v) is 4.31. The lowest BCUT2D eigenvalue weighted by molar-refractivity contribution is 0.646. The monoisotopic (exact) mass is 262 g/mol. The van der Waals surface area contributed by atoms with Gasteiger partial charge in [-0.2, -0.15) is 5.10 Å². The van der Waals surface area contributed by atoms with Crippen LogP contribution in [0.4, 0.5) is 5.95 Å². The lowest BCUT2D eigenvalue weighted by atomic mass is 10.3. The van der Waals surface area contributed by atoms with Gasteiger partial charge in [-0.3, -0.25) is 9.25 Å². The standard InChI is InChI=1S/C13H22N6/c1-5-10-9-11(19(8-4)17-10)12-15-16-13(14-6-2)18(12)7-3/h9H,5-8H2,1-4H3,(H,14,16). The molecule has 0 unspecified atom stereocenters. The maximum absolute atomic E-state index is 4.57. The number of nitrogens with zero attached hydrogens (tertiary/aromatic N) is 5. The first-order valence-electron chi connectivity index (χ1n) is 6.99. The highest BCUT2D eigenvalue weighted by molar-refractivity contribution is 5.53. The van der Waals surface area contributed by atoms with Gasteiger partial charge in [0, 0.05) is 19.6 Å². The van der Waals surface area contributed by atoms with E-state index < -0.39 is 0 Å². The molecule has 0 aliphatic heterocycles. The Bertz CT molecular complexity index is 539. The van der Waals surface area contributed by atoms with Gasteiger partial charge in [-0.1, -0.05) is 6.92 Å². The van der Waals surface area contributed by atoms with Crippen LogP contribution in [0.5, 0.6) is 0 Å². The average Bonchev–Trinajstić information content (AvgIpc) is 3.01. The molecule has 0 bridgehead atoms. The molecule has 0 saturated heterocycles. The number of aryl methyl sites for hydroxylation is 2. The van der Waals surface area contributed by atoms with E-state index in [-0.39, 0.29) is 0 Å². The fraction of sp³-hybridized carbons (Fsp3) is 0.615. The van der Waals surface area contributed by atoms with Gasteiger partial charge in [0.05, 0.1) is 5.69 Å². The van der Waals surface area contributed by atoms with E-state index in [0.717, 1.165) is 49.2 Å². The minimum Gasteiger partial charge on any atom is -0.355 e. The Kier molecular flexibility index (Phi) is 4.19. The average molecular weight is 262 g/mol. The molecule has 104 valence electrons. The number of aromatic nitrogens is 5. The van der Waals surface area contributed by atoms with E-state index in [2.05, 4.69) is 58.9 Å². The molecular weight excluding hydrogens is 240 g/mol. The maximum atomic E-state index is 4.57. The molecule has 0 spiro atoms. The molecule has 6 heteroatoms. The van der Waals surface area contributed by atoms with Crippen molar-refractivity contribution >= 4 is 5.95 Å². The predicted molar refractivity (Wildman–Crippen MR) is 76.1 cm³/mol. The van der Waals surface area contributed by atoms with E-state index in [1.165, 1.54) is 0 Å². The summed E-state index contributed by atoms with van der Waals surface area (Å²) in [4.78, 5) is 0. The molecule has 2 aromatic heterocycles. The zero-order valence-electron chi connectivity index (χ0n) is 12.1. The summed E-state index contributed by atoms with van der Waals surface area (Å²) in [6.07, 6.45) is 0.931. The van der Waals surface area contributed by atoms with Crippen molar-refractivity contribution in [2.24, 2.45) is 0 Å². The van der Waals surface area contributed by atoms with Crippen molar-refractivity contribution in [3.8, 4) is 11.5 Å². The minimum atomic E-state index is 0.821. The van der Waals surface area contributed by atoms with Gasteiger partial charge in [0.1, 0.15) is 5.69 Å². The second kappa shape index (κ2) is 5.86. The third kappa shape index (κ3) is 2.47. The maximum Gasteiger partial charge on any atom is 0.224 e. The zero-order valence-corrected chi connectivity index (χ0v) is 12.1. The van der Waals surface area contributed by atoms with Crippen molar-refractivity contribution in [2.45, 2.75) is 47.2 Å². The van der Waals surface area contributed by atoms with E-state index in [1.807, 2.05) is 4.68 Å². The van der Waals surface area contributed by atoms with Crippen LogP contribution in [-0.2, 0) is 19.5 Å². The molecule has 2 rings (SSSR count). The molecule has 0 saturated carbocycles. The van der Waals surface area contributed by atoms with Gasteiger partial charge in [-0.25, -0.2) is 0 Å². The smallest absolute Gasteiger partial charge is 0.224 e.